The van der Waals surface area contributed by atoms with Crippen LogP contribution in [-0.2, 0) is 11.3 Å². The van der Waals surface area contributed by atoms with Crippen molar-refractivity contribution >= 4 is 11.7 Å². The Morgan fingerprint density at radius 3 is 2.58 bits per heavy atom. The van der Waals surface area contributed by atoms with Gasteiger partial charge in [0.1, 0.15) is 30.3 Å². The van der Waals surface area contributed by atoms with E-state index in [1.54, 1.807) is 20.1 Å². The molecule has 0 unspecified atom stereocenters. The van der Waals surface area contributed by atoms with Gasteiger partial charge < -0.3 is 19.1 Å². The second kappa shape index (κ2) is 10.6. The van der Waals surface area contributed by atoms with E-state index in [1.165, 1.54) is 31.7 Å². The molecule has 0 radical (unpaired) electrons. The summed E-state index contributed by atoms with van der Waals surface area (Å²) in [6, 6.07) is 6.90. The van der Waals surface area contributed by atoms with Crippen LogP contribution in [0.4, 0.5) is 10.2 Å². The molecule has 0 bridgehead atoms. The van der Waals surface area contributed by atoms with Crippen LogP contribution >= 0.6 is 0 Å². The van der Waals surface area contributed by atoms with Gasteiger partial charge in [-0.1, -0.05) is 19.3 Å². The molecule has 0 spiro atoms. The quantitative estimate of drug-likeness (QED) is 0.514. The molecule has 3 aromatic rings. The number of benzene rings is 1. The molecule has 3 heterocycles. The number of anilines is 1. The smallest absolute Gasteiger partial charge is 0.242 e. The van der Waals surface area contributed by atoms with E-state index in [0.29, 0.717) is 43.5 Å². The van der Waals surface area contributed by atoms with Crippen molar-refractivity contribution < 1.29 is 13.9 Å². The molecule has 36 heavy (non-hydrogen) atoms. The highest BCUT2D eigenvalue weighted by Gasteiger charge is 2.26. The van der Waals surface area contributed by atoms with E-state index in [0.717, 1.165) is 35.7 Å². The Hall–Kier alpha value is -3.49. The third kappa shape index (κ3) is 5.20. The van der Waals surface area contributed by atoms with Gasteiger partial charge in [0.25, 0.3) is 0 Å². The number of amides is 1. The van der Waals surface area contributed by atoms with E-state index in [1.807, 2.05) is 27.8 Å². The maximum Gasteiger partial charge on any atom is 0.242 e. The number of aryl methyl sites for hydroxylation is 1. The molecule has 5 rings (SSSR count). The SMILES string of the molecule is COc1cc(N2CCN(C(=O)Cn3cc(-c4ccc(F)c(C)c4)nc3C3CCCCC3)CC2)ncn1. The second-order valence-corrected chi connectivity index (χ2v) is 9.70. The Morgan fingerprint density at radius 1 is 1.08 bits per heavy atom. The van der Waals surface area contributed by atoms with Crippen molar-refractivity contribution in [1.29, 1.82) is 0 Å². The van der Waals surface area contributed by atoms with Crippen LogP contribution in [-0.4, -0.2) is 63.6 Å². The normalized spacial score (nSPS) is 16.9. The number of methoxy groups -OCH3 is 1. The summed E-state index contributed by atoms with van der Waals surface area (Å²) in [4.78, 5) is 30.8. The number of imidazole rings is 1. The highest BCUT2D eigenvalue weighted by atomic mass is 19.1. The lowest BCUT2D eigenvalue weighted by molar-refractivity contribution is -0.132. The summed E-state index contributed by atoms with van der Waals surface area (Å²) in [6.07, 6.45) is 9.28. The first-order valence-electron chi connectivity index (χ1n) is 12.7. The number of halogens is 1. The van der Waals surface area contributed by atoms with Crippen LogP contribution in [0.2, 0.25) is 0 Å². The Bertz CT molecular complexity index is 1210. The number of carbonyl (C=O) groups is 1. The lowest BCUT2D eigenvalue weighted by Crippen LogP contribution is -2.50. The third-order valence-corrected chi connectivity index (χ3v) is 7.33. The van der Waals surface area contributed by atoms with Gasteiger partial charge in [-0.05, 0) is 43.5 Å². The molecule has 9 heteroatoms. The molecule has 190 valence electrons. The van der Waals surface area contributed by atoms with E-state index in [4.69, 9.17) is 9.72 Å². The molecule has 2 fully saturated rings. The first kappa shape index (κ1) is 24.2. The second-order valence-electron chi connectivity index (χ2n) is 9.70. The Balaban J connectivity index is 1.31. The molecule has 1 aliphatic heterocycles. The van der Waals surface area contributed by atoms with E-state index >= 15 is 0 Å². The number of hydrogen-bond acceptors (Lipinski definition) is 6. The molecule has 1 aliphatic carbocycles. The molecule has 1 saturated carbocycles. The van der Waals surface area contributed by atoms with Crippen LogP contribution in [0.25, 0.3) is 11.3 Å². The molecule has 8 nitrogen and oxygen atoms in total. The van der Waals surface area contributed by atoms with Crippen molar-refractivity contribution in [2.45, 2.75) is 51.5 Å². The zero-order valence-electron chi connectivity index (χ0n) is 21.0. The van der Waals surface area contributed by atoms with E-state index in [-0.39, 0.29) is 18.3 Å². The van der Waals surface area contributed by atoms with Crippen molar-refractivity contribution in [3.8, 4) is 17.1 Å². The van der Waals surface area contributed by atoms with Gasteiger partial charge in [-0.25, -0.2) is 19.3 Å². The molecule has 2 aliphatic rings. The number of rotatable bonds is 6. The van der Waals surface area contributed by atoms with Crippen molar-refractivity contribution in [2.24, 2.45) is 0 Å². The van der Waals surface area contributed by atoms with Gasteiger partial charge in [-0.3, -0.25) is 4.79 Å². The number of nitrogens with zero attached hydrogens (tertiary/aromatic N) is 6. The fraction of sp³-hybridized carbons (Fsp3) is 0.481. The highest BCUT2D eigenvalue weighted by Crippen LogP contribution is 2.34. The fourth-order valence-corrected chi connectivity index (χ4v) is 5.23. The van der Waals surface area contributed by atoms with Crippen LogP contribution in [0.5, 0.6) is 5.88 Å². The van der Waals surface area contributed by atoms with Gasteiger partial charge in [-0.2, -0.15) is 0 Å². The van der Waals surface area contributed by atoms with Crippen molar-refractivity contribution in [3.63, 3.8) is 0 Å². The summed E-state index contributed by atoms with van der Waals surface area (Å²) < 4.78 is 21.1. The lowest BCUT2D eigenvalue weighted by atomic mass is 9.88. The standard InChI is InChI=1S/C27H33FN6O2/c1-19-14-21(8-9-22(19)28)23-16-34(27(31-23)20-6-4-3-5-7-20)17-26(35)33-12-10-32(11-13-33)24-15-25(36-2)30-18-29-24/h8-9,14-16,18,20H,3-7,10-13,17H2,1-2H3. The van der Waals surface area contributed by atoms with Gasteiger partial charge in [-0.15, -0.1) is 0 Å². The van der Waals surface area contributed by atoms with Gasteiger partial charge >= 0.3 is 0 Å². The molecule has 0 N–H and O–H groups in total. The average Bonchev–Trinajstić information content (AvgIpc) is 3.34. The molecular formula is C27H33FN6O2. The van der Waals surface area contributed by atoms with E-state index in [2.05, 4.69) is 14.9 Å². The minimum atomic E-state index is -0.222. The first-order valence-corrected chi connectivity index (χ1v) is 12.7. The number of carbonyl (C=O) groups excluding carboxylic acids is 1. The minimum Gasteiger partial charge on any atom is -0.481 e. The summed E-state index contributed by atoms with van der Waals surface area (Å²) in [5.74, 6) is 2.54. The number of piperazine rings is 1. The molecule has 1 amide bonds. The van der Waals surface area contributed by atoms with Crippen LogP contribution in [0.3, 0.4) is 0 Å². The third-order valence-electron chi connectivity index (χ3n) is 7.33. The van der Waals surface area contributed by atoms with E-state index in [9.17, 15) is 9.18 Å². The number of hydrogen-bond donors (Lipinski definition) is 0. The summed E-state index contributed by atoms with van der Waals surface area (Å²) in [7, 11) is 1.59. The van der Waals surface area contributed by atoms with Gasteiger partial charge in [0.05, 0.1) is 12.8 Å². The molecule has 1 aromatic carbocycles. The van der Waals surface area contributed by atoms with Gasteiger partial charge in [0.15, 0.2) is 0 Å². The van der Waals surface area contributed by atoms with Gasteiger partial charge in [0, 0.05) is 49.9 Å². The molecular weight excluding hydrogens is 459 g/mol. The number of ether oxygens (including phenoxy) is 1. The Morgan fingerprint density at radius 2 is 1.86 bits per heavy atom. The fourth-order valence-electron chi connectivity index (χ4n) is 5.23. The maximum atomic E-state index is 13.8. The molecule has 1 saturated heterocycles. The lowest BCUT2D eigenvalue weighted by Gasteiger charge is -2.35. The van der Waals surface area contributed by atoms with Crippen LogP contribution in [0.15, 0.2) is 36.8 Å². The monoisotopic (exact) mass is 492 g/mol. The van der Waals surface area contributed by atoms with E-state index < -0.39 is 0 Å². The maximum absolute atomic E-state index is 13.8. The average molecular weight is 493 g/mol. The zero-order chi connectivity index (χ0) is 25.1. The molecule has 2 aromatic heterocycles. The summed E-state index contributed by atoms with van der Waals surface area (Å²) in [6.45, 7) is 4.68. The zero-order valence-corrected chi connectivity index (χ0v) is 21.0. The summed E-state index contributed by atoms with van der Waals surface area (Å²) in [5, 5.41) is 0. The van der Waals surface area contributed by atoms with Gasteiger partial charge in [0.2, 0.25) is 11.8 Å². The predicted molar refractivity (Wildman–Crippen MR) is 136 cm³/mol. The van der Waals surface area contributed by atoms with Crippen LogP contribution in [0, 0.1) is 12.7 Å². The topological polar surface area (TPSA) is 76.4 Å². The Labute approximate surface area is 211 Å². The predicted octanol–water partition coefficient (Wildman–Crippen LogP) is 4.19. The molecule has 0 atom stereocenters. The minimum absolute atomic E-state index is 0.0891. The van der Waals surface area contributed by atoms with Crippen molar-refractivity contribution in [1.82, 2.24) is 24.4 Å². The summed E-state index contributed by atoms with van der Waals surface area (Å²) in [5.41, 5.74) is 2.27. The highest BCUT2D eigenvalue weighted by molar-refractivity contribution is 5.76. The Kier molecular flexibility index (Phi) is 7.16. The largest absolute Gasteiger partial charge is 0.481 e. The van der Waals surface area contributed by atoms with Crippen molar-refractivity contribution in [3.05, 3.63) is 54.0 Å². The summed E-state index contributed by atoms with van der Waals surface area (Å²) >= 11 is 0. The van der Waals surface area contributed by atoms with Crippen LogP contribution in [0.1, 0.15) is 49.4 Å². The van der Waals surface area contributed by atoms with Crippen LogP contribution < -0.4 is 9.64 Å². The number of aromatic nitrogens is 4. The van der Waals surface area contributed by atoms with Crippen molar-refractivity contribution in [2.75, 3.05) is 38.2 Å². The first-order chi connectivity index (χ1) is 17.5.